The van der Waals surface area contributed by atoms with Gasteiger partial charge in [-0.1, -0.05) is 12.1 Å². The van der Waals surface area contributed by atoms with Gasteiger partial charge in [0.1, 0.15) is 6.04 Å². The Hall–Kier alpha value is -1.93. The van der Waals surface area contributed by atoms with Crippen LogP contribution < -0.4 is 16.0 Å². The van der Waals surface area contributed by atoms with E-state index in [4.69, 9.17) is 5.73 Å². The highest BCUT2D eigenvalue weighted by Crippen LogP contribution is 2.23. The summed E-state index contributed by atoms with van der Waals surface area (Å²) in [6, 6.07) is 13.2. The molecule has 3 N–H and O–H groups in total. The van der Waals surface area contributed by atoms with Crippen molar-refractivity contribution < 1.29 is 18.0 Å². The van der Waals surface area contributed by atoms with Gasteiger partial charge in [-0.15, -0.1) is 12.4 Å². The van der Waals surface area contributed by atoms with Crippen molar-refractivity contribution >= 4 is 62.5 Å². The minimum absolute atomic E-state index is 0. The smallest absolute Gasteiger partial charge is 0.243 e. The van der Waals surface area contributed by atoms with Gasteiger partial charge in [-0.25, -0.2) is 8.42 Å². The molecule has 9 nitrogen and oxygen atoms in total. The Bertz CT molecular complexity index is 1110. The Labute approximate surface area is 226 Å². The fourth-order valence-electron chi connectivity index (χ4n) is 3.74. The summed E-state index contributed by atoms with van der Waals surface area (Å²) >= 11 is 2.10. The third-order valence-electron chi connectivity index (χ3n) is 5.68. The lowest BCUT2D eigenvalue weighted by molar-refractivity contribution is -0.136. The molecule has 0 bridgehead atoms. The van der Waals surface area contributed by atoms with E-state index in [9.17, 15) is 18.0 Å². The number of sulfonamides is 1. The molecule has 0 aromatic heterocycles. The Morgan fingerprint density at radius 3 is 2.29 bits per heavy atom. The van der Waals surface area contributed by atoms with Gasteiger partial charge in [-0.3, -0.25) is 9.59 Å². The standard InChI is InChI=1S/C23H30IN5O4S.ClH/c1-27(2)19-7-3-17(4-8-19)15-26-23(31)21-16-28(22(30)11-12-25)13-14-29(21)34(32,33)20-9-5-18(24)6-10-20;/h3-10,21H,11-16,25H2,1-2H3,(H,26,31);1H. The van der Waals surface area contributed by atoms with Crippen LogP contribution in [-0.4, -0.2) is 75.8 Å². The molecule has 1 atom stereocenters. The molecule has 0 radical (unpaired) electrons. The maximum Gasteiger partial charge on any atom is 0.243 e. The summed E-state index contributed by atoms with van der Waals surface area (Å²) in [6.45, 7) is 0.656. The minimum Gasteiger partial charge on any atom is -0.378 e. The molecule has 0 aliphatic carbocycles. The van der Waals surface area contributed by atoms with Crippen molar-refractivity contribution in [2.24, 2.45) is 5.73 Å². The average Bonchev–Trinajstić information content (AvgIpc) is 2.82. The van der Waals surface area contributed by atoms with Crippen LogP contribution in [-0.2, 0) is 26.2 Å². The van der Waals surface area contributed by atoms with Crippen molar-refractivity contribution in [1.29, 1.82) is 0 Å². The molecule has 2 amide bonds. The number of nitrogens with two attached hydrogens (primary N) is 1. The molecule has 1 fully saturated rings. The normalized spacial score (nSPS) is 16.3. The summed E-state index contributed by atoms with van der Waals surface area (Å²) in [4.78, 5) is 29.3. The Morgan fingerprint density at radius 1 is 1.09 bits per heavy atom. The lowest BCUT2D eigenvalue weighted by atomic mass is 10.1. The highest BCUT2D eigenvalue weighted by Gasteiger charge is 2.41. The quantitative estimate of drug-likeness (QED) is 0.427. The van der Waals surface area contributed by atoms with Gasteiger partial charge >= 0.3 is 0 Å². The first-order chi connectivity index (χ1) is 16.1. The summed E-state index contributed by atoms with van der Waals surface area (Å²) in [5, 5.41) is 2.85. The number of anilines is 1. The fourth-order valence-corrected chi connectivity index (χ4v) is 5.67. The first-order valence-corrected chi connectivity index (χ1v) is 13.4. The second kappa shape index (κ2) is 12.9. The molecule has 1 heterocycles. The molecule has 192 valence electrons. The topological polar surface area (TPSA) is 116 Å². The van der Waals surface area contributed by atoms with Gasteiger partial charge in [0, 0.05) is 62.5 Å². The Morgan fingerprint density at radius 2 is 1.71 bits per heavy atom. The molecule has 2 aromatic rings. The number of carbonyl (C=O) groups excluding carboxylic acids is 2. The fraction of sp³-hybridized carbons (Fsp3) is 0.391. The summed E-state index contributed by atoms with van der Waals surface area (Å²) in [5.41, 5.74) is 7.44. The van der Waals surface area contributed by atoms with Crippen LogP contribution >= 0.6 is 35.0 Å². The first kappa shape index (κ1) is 29.3. The first-order valence-electron chi connectivity index (χ1n) is 10.9. The maximum atomic E-state index is 13.4. The van der Waals surface area contributed by atoms with Crippen LogP contribution in [0.5, 0.6) is 0 Å². The number of amides is 2. The van der Waals surface area contributed by atoms with Crippen LogP contribution in [0, 0.1) is 3.57 Å². The van der Waals surface area contributed by atoms with Crippen LogP contribution in [0.4, 0.5) is 5.69 Å². The molecule has 0 saturated carbocycles. The van der Waals surface area contributed by atoms with E-state index in [1.54, 1.807) is 12.1 Å². The molecule has 1 aliphatic heterocycles. The molecular weight excluding hydrogens is 605 g/mol. The highest BCUT2D eigenvalue weighted by atomic mass is 127. The number of benzene rings is 2. The number of hydrogen-bond donors (Lipinski definition) is 2. The summed E-state index contributed by atoms with van der Waals surface area (Å²) in [6.07, 6.45) is 0.149. The van der Waals surface area contributed by atoms with E-state index in [0.717, 1.165) is 14.8 Å². The monoisotopic (exact) mass is 635 g/mol. The Balaban J connectivity index is 0.00000432. The number of hydrogen-bond acceptors (Lipinski definition) is 6. The van der Waals surface area contributed by atoms with Gasteiger partial charge in [0.05, 0.1) is 4.90 Å². The molecule has 1 saturated heterocycles. The van der Waals surface area contributed by atoms with Crippen molar-refractivity contribution in [3.8, 4) is 0 Å². The largest absolute Gasteiger partial charge is 0.378 e. The second-order valence-corrected chi connectivity index (χ2v) is 11.4. The van der Waals surface area contributed by atoms with Crippen LogP contribution in [0.15, 0.2) is 53.4 Å². The number of nitrogens with one attached hydrogen (secondary N) is 1. The van der Waals surface area contributed by atoms with Gasteiger partial charge in [0.25, 0.3) is 0 Å². The van der Waals surface area contributed by atoms with Crippen LogP contribution in [0.25, 0.3) is 0 Å². The number of nitrogens with zero attached hydrogens (tertiary/aromatic N) is 3. The van der Waals surface area contributed by atoms with Crippen LogP contribution in [0.2, 0.25) is 0 Å². The van der Waals surface area contributed by atoms with Gasteiger partial charge in [-0.05, 0) is 64.6 Å². The van der Waals surface area contributed by atoms with Crippen molar-refractivity contribution in [1.82, 2.24) is 14.5 Å². The van der Waals surface area contributed by atoms with E-state index in [-0.39, 0.29) is 62.4 Å². The second-order valence-electron chi connectivity index (χ2n) is 8.24. The van der Waals surface area contributed by atoms with E-state index < -0.39 is 22.0 Å². The Kier molecular flexibility index (Phi) is 10.8. The van der Waals surface area contributed by atoms with Crippen molar-refractivity contribution in [2.45, 2.75) is 23.9 Å². The van der Waals surface area contributed by atoms with E-state index in [1.165, 1.54) is 21.3 Å². The average molecular weight is 636 g/mol. The van der Waals surface area contributed by atoms with Gasteiger partial charge in [0.2, 0.25) is 21.8 Å². The summed E-state index contributed by atoms with van der Waals surface area (Å²) < 4.78 is 28.9. The number of piperazine rings is 1. The SMILES string of the molecule is CN(C)c1ccc(CNC(=O)C2CN(C(=O)CCN)CCN2S(=O)(=O)c2ccc(I)cc2)cc1.Cl. The predicted molar refractivity (Wildman–Crippen MR) is 147 cm³/mol. The van der Waals surface area contributed by atoms with E-state index >= 15 is 0 Å². The third kappa shape index (κ3) is 7.29. The molecule has 1 aliphatic rings. The van der Waals surface area contributed by atoms with Gasteiger partial charge < -0.3 is 20.9 Å². The zero-order valence-electron chi connectivity index (χ0n) is 19.7. The van der Waals surface area contributed by atoms with Gasteiger partial charge in [-0.2, -0.15) is 4.31 Å². The lowest BCUT2D eigenvalue weighted by Crippen LogP contribution is -2.61. The minimum atomic E-state index is -3.93. The molecule has 3 rings (SSSR count). The van der Waals surface area contributed by atoms with Crippen LogP contribution in [0.1, 0.15) is 12.0 Å². The highest BCUT2D eigenvalue weighted by molar-refractivity contribution is 14.1. The zero-order valence-corrected chi connectivity index (χ0v) is 23.5. The molecular formula is C23H31ClIN5O4S. The van der Waals surface area contributed by atoms with Crippen molar-refractivity contribution in [3.63, 3.8) is 0 Å². The molecule has 0 spiro atoms. The molecule has 2 aromatic carbocycles. The zero-order chi connectivity index (χ0) is 24.9. The molecule has 1 unspecified atom stereocenters. The molecule has 12 heteroatoms. The van der Waals surface area contributed by atoms with E-state index in [1.807, 2.05) is 43.3 Å². The summed E-state index contributed by atoms with van der Waals surface area (Å²) in [5.74, 6) is -0.637. The van der Waals surface area contributed by atoms with E-state index in [2.05, 4.69) is 27.9 Å². The van der Waals surface area contributed by atoms with Crippen LogP contribution in [0.3, 0.4) is 0 Å². The van der Waals surface area contributed by atoms with Crippen molar-refractivity contribution in [2.75, 3.05) is 45.2 Å². The lowest BCUT2D eigenvalue weighted by Gasteiger charge is -2.39. The van der Waals surface area contributed by atoms with Crippen molar-refractivity contribution in [3.05, 3.63) is 57.7 Å². The third-order valence-corrected chi connectivity index (χ3v) is 8.33. The van der Waals surface area contributed by atoms with E-state index in [0.29, 0.717) is 0 Å². The number of rotatable bonds is 8. The predicted octanol–water partition coefficient (Wildman–Crippen LogP) is 1.65. The van der Waals surface area contributed by atoms with Gasteiger partial charge in [0.15, 0.2) is 0 Å². The molecule has 35 heavy (non-hydrogen) atoms. The summed E-state index contributed by atoms with van der Waals surface area (Å²) in [7, 11) is -0.0422. The maximum absolute atomic E-state index is 13.4. The number of halogens is 2. The number of carbonyl (C=O) groups is 2.